The van der Waals surface area contributed by atoms with Crippen LogP contribution < -0.4 is 16.4 Å². The largest absolute Gasteiger partial charge is 0.508 e. The van der Waals surface area contributed by atoms with Crippen LogP contribution in [0, 0.1) is 11.8 Å². The van der Waals surface area contributed by atoms with Crippen LogP contribution in [0.15, 0.2) is 47.2 Å². The number of carbonyl (C=O) groups is 4. The number of aromatic hydroxyl groups is 1. The maximum Gasteiger partial charge on any atom is 0.416 e. The van der Waals surface area contributed by atoms with Crippen LogP contribution in [0.3, 0.4) is 0 Å². The number of benzene rings is 2. The van der Waals surface area contributed by atoms with E-state index in [1.54, 1.807) is 0 Å². The Kier molecular flexibility index (Phi) is 8.48. The summed E-state index contributed by atoms with van der Waals surface area (Å²) >= 11 is 0. The van der Waals surface area contributed by atoms with Gasteiger partial charge in [-0.3, -0.25) is 19.3 Å². The fourth-order valence-corrected chi connectivity index (χ4v) is 7.03. The number of aliphatic hydroxyl groups excluding tert-OH is 3. The van der Waals surface area contributed by atoms with Gasteiger partial charge in [0.1, 0.15) is 22.8 Å². The monoisotopic (exact) mass is 714 g/mol. The minimum Gasteiger partial charge on any atom is -0.508 e. The molecule has 3 amide bonds. The van der Waals surface area contributed by atoms with Crippen LogP contribution in [0.5, 0.6) is 5.75 Å². The van der Waals surface area contributed by atoms with E-state index in [9.17, 15) is 71.1 Å². The van der Waals surface area contributed by atoms with Crippen molar-refractivity contribution in [2.45, 2.75) is 42.9 Å². The van der Waals surface area contributed by atoms with Gasteiger partial charge in [0, 0.05) is 17.2 Å². The topological polar surface area (TPSA) is 223 Å². The number of Topliss-reactive ketones (excluding diaryl/α,β-unsaturated/α-hetero) is 2. The number of hydrogen-bond acceptors (Lipinski definition) is 10. The van der Waals surface area contributed by atoms with Crippen LogP contribution in [-0.4, -0.2) is 85.8 Å². The molecule has 3 aliphatic carbocycles. The number of phenolic OH excluding ortho intramolecular Hbond substituents is 1. The van der Waals surface area contributed by atoms with Crippen LogP contribution in [-0.2, 0) is 26.7 Å². The van der Waals surface area contributed by atoms with Crippen molar-refractivity contribution < 1.29 is 71.1 Å². The van der Waals surface area contributed by atoms with Crippen LogP contribution in [0.25, 0.3) is 5.76 Å². The van der Waals surface area contributed by atoms with Gasteiger partial charge in [0.25, 0.3) is 5.91 Å². The highest BCUT2D eigenvalue weighted by atomic mass is 19.4. The zero-order valence-corrected chi connectivity index (χ0v) is 25.9. The van der Waals surface area contributed by atoms with Crippen molar-refractivity contribution in [3.63, 3.8) is 0 Å². The molecule has 50 heavy (non-hydrogen) atoms. The van der Waals surface area contributed by atoms with Gasteiger partial charge in [0.05, 0.1) is 40.4 Å². The van der Waals surface area contributed by atoms with E-state index in [1.165, 1.54) is 32.0 Å². The van der Waals surface area contributed by atoms with Gasteiger partial charge in [-0.05, 0) is 49.8 Å². The molecule has 1 fully saturated rings. The number of ketones is 2. The van der Waals surface area contributed by atoms with Gasteiger partial charge in [-0.1, -0.05) is 13.0 Å². The zero-order chi connectivity index (χ0) is 37.6. The van der Waals surface area contributed by atoms with Crippen molar-refractivity contribution in [2.75, 3.05) is 24.7 Å². The Balaban J connectivity index is 1.57. The van der Waals surface area contributed by atoms with E-state index in [0.717, 1.165) is 6.07 Å². The first-order valence-electron chi connectivity index (χ1n) is 14.5. The Morgan fingerprint density at radius 3 is 2.00 bits per heavy atom. The van der Waals surface area contributed by atoms with E-state index < -0.39 is 128 Å². The number of amides is 3. The number of carbonyl (C=O) groups excluding carboxylic acids is 4. The molecular weight excluding hydrogens is 686 g/mol. The summed E-state index contributed by atoms with van der Waals surface area (Å²) in [7, 11) is 2.68. The minimum atomic E-state index is -5.21. The van der Waals surface area contributed by atoms with Gasteiger partial charge in [-0.15, -0.1) is 0 Å². The lowest BCUT2D eigenvalue weighted by molar-refractivity contribution is -0.169. The highest BCUT2D eigenvalue weighted by Gasteiger charge is 2.68. The molecule has 0 aromatic heterocycles. The molecule has 0 radical (unpaired) electrons. The lowest BCUT2D eigenvalue weighted by Crippen LogP contribution is -2.70. The molecule has 9 N–H and O–H groups in total. The summed E-state index contributed by atoms with van der Waals surface area (Å²) in [4.78, 5) is 53.4. The second kappa shape index (κ2) is 11.7. The first kappa shape index (κ1) is 36.1. The van der Waals surface area contributed by atoms with Gasteiger partial charge in [-0.25, -0.2) is 4.79 Å². The van der Waals surface area contributed by atoms with Gasteiger partial charge in [0.15, 0.2) is 11.4 Å². The number of rotatable bonds is 4. The van der Waals surface area contributed by atoms with E-state index >= 15 is 0 Å². The number of nitrogens with zero attached hydrogens (tertiary/aromatic N) is 1. The predicted octanol–water partition coefficient (Wildman–Crippen LogP) is 3.18. The van der Waals surface area contributed by atoms with E-state index in [4.69, 9.17) is 5.73 Å². The number of nitrogens with two attached hydrogens (primary N) is 1. The maximum atomic E-state index is 14.1. The highest BCUT2D eigenvalue weighted by Crippen LogP contribution is 2.56. The lowest BCUT2D eigenvalue weighted by Gasteiger charge is -2.53. The quantitative estimate of drug-likeness (QED) is 0.131. The standard InChI is InChI=1S/C31H28F6N4O9/c1-9-13-4-5-14(40-28(49)39-12-7-10(30(32,33)34)6-11(8-12)31(35,36)37)21(42)16(13)22(43)17-15(9)23(44)19-20(41(2)3)24(45)18(27(38)48)26(47)29(19,50)25(17)46/h4-9,15,19-20,23,42-44,47,50H,1-3H3,(H2,38,48)(H2,39,40,49)/t9-,15+,19+,20-,23?,29-/m1/s1. The van der Waals surface area contributed by atoms with E-state index in [2.05, 4.69) is 0 Å². The summed E-state index contributed by atoms with van der Waals surface area (Å²) in [6, 6.07) is -0.388. The number of alkyl halides is 6. The van der Waals surface area contributed by atoms with E-state index in [-0.39, 0.29) is 23.8 Å². The molecule has 0 heterocycles. The third kappa shape index (κ3) is 5.41. The summed E-state index contributed by atoms with van der Waals surface area (Å²) in [6.45, 7) is 1.45. The Morgan fingerprint density at radius 2 is 1.50 bits per heavy atom. The normalized spacial score (nSPS) is 26.8. The first-order valence-corrected chi connectivity index (χ1v) is 14.5. The molecule has 5 rings (SSSR count). The molecule has 19 heteroatoms. The Hall–Kier alpha value is -5.14. The molecule has 13 nitrogen and oxygen atoms in total. The lowest BCUT2D eigenvalue weighted by atomic mass is 9.54. The van der Waals surface area contributed by atoms with Crippen LogP contribution >= 0.6 is 0 Å². The summed E-state index contributed by atoms with van der Waals surface area (Å²) in [6.07, 6.45) is -12.3. The fraction of sp³-hybridized carbons (Fsp3) is 0.355. The predicted molar refractivity (Wildman–Crippen MR) is 159 cm³/mol. The van der Waals surface area contributed by atoms with Gasteiger partial charge in [0.2, 0.25) is 5.78 Å². The third-order valence-electron chi connectivity index (χ3n) is 9.22. The number of urea groups is 1. The number of anilines is 2. The number of primary amides is 1. The molecule has 268 valence electrons. The molecule has 0 bridgehead atoms. The van der Waals surface area contributed by atoms with Gasteiger partial charge in [-0.2, -0.15) is 26.3 Å². The molecule has 0 spiro atoms. The highest BCUT2D eigenvalue weighted by molar-refractivity contribution is 6.24. The summed E-state index contributed by atoms with van der Waals surface area (Å²) < 4.78 is 79.6. The smallest absolute Gasteiger partial charge is 0.416 e. The Labute approximate surface area is 277 Å². The van der Waals surface area contributed by atoms with Gasteiger partial charge >= 0.3 is 18.4 Å². The second-order valence-electron chi connectivity index (χ2n) is 12.3. The number of hydrogen-bond donors (Lipinski definition) is 8. The van der Waals surface area contributed by atoms with Gasteiger partial charge < -0.3 is 41.9 Å². The molecule has 2 aromatic rings. The number of aliphatic hydroxyl groups is 4. The number of likely N-dealkylation sites (N-methyl/N-ethyl adjacent to an activating group) is 1. The van der Waals surface area contributed by atoms with E-state index in [0.29, 0.717) is 0 Å². The summed E-state index contributed by atoms with van der Waals surface area (Å²) in [5.74, 6) is -11.7. The molecular formula is C31H28F6N4O9. The maximum absolute atomic E-state index is 14.1. The second-order valence-corrected chi connectivity index (χ2v) is 12.3. The van der Waals surface area contributed by atoms with Crippen LogP contribution in [0.2, 0.25) is 0 Å². The summed E-state index contributed by atoms with van der Waals surface area (Å²) in [5.41, 5.74) is -5.14. The van der Waals surface area contributed by atoms with Crippen molar-refractivity contribution in [3.05, 3.63) is 69.5 Å². The first-order chi connectivity index (χ1) is 22.9. The van der Waals surface area contributed by atoms with Crippen LogP contribution in [0.1, 0.15) is 35.1 Å². The number of fused-ring (bicyclic) bond motifs is 3. The molecule has 2 aromatic carbocycles. The Morgan fingerprint density at radius 1 is 0.940 bits per heavy atom. The molecule has 0 aliphatic heterocycles. The molecule has 6 atom stereocenters. The SMILES string of the molecule is C[C@@H]1c2ccc(NC(=O)Nc3cc(C(F)(F)F)cc(C(F)(F)F)c3)c(O)c2C(O)=C2C(=O)[C@@]3(O)C(O)=C(C(N)=O)C(=O)[C@H](N(C)C)[C@H]3C(O)[C@H]21. The molecule has 0 saturated heterocycles. The van der Waals surface area contributed by atoms with Crippen molar-refractivity contribution in [1.29, 1.82) is 0 Å². The number of nitrogens with one attached hydrogen (secondary N) is 2. The third-order valence-corrected chi connectivity index (χ3v) is 9.22. The molecule has 3 aliphatic rings. The van der Waals surface area contributed by atoms with Crippen molar-refractivity contribution in [1.82, 2.24) is 4.90 Å². The fourth-order valence-electron chi connectivity index (χ4n) is 7.03. The molecule has 1 saturated carbocycles. The Bertz CT molecular complexity index is 1890. The van der Waals surface area contributed by atoms with Crippen molar-refractivity contribution in [3.8, 4) is 5.75 Å². The molecule has 1 unspecified atom stereocenters. The van der Waals surface area contributed by atoms with Crippen LogP contribution in [0.4, 0.5) is 42.5 Å². The number of halogens is 6. The zero-order valence-electron chi connectivity index (χ0n) is 25.9. The number of phenols is 1. The minimum absolute atomic E-state index is 0.0609. The average molecular weight is 715 g/mol. The van der Waals surface area contributed by atoms with Crippen molar-refractivity contribution >= 4 is 40.6 Å². The summed E-state index contributed by atoms with van der Waals surface area (Å²) in [5, 5.41) is 60.8. The van der Waals surface area contributed by atoms with Crippen molar-refractivity contribution in [2.24, 2.45) is 17.6 Å². The van der Waals surface area contributed by atoms with E-state index in [1.807, 2.05) is 10.6 Å². The average Bonchev–Trinajstić information content (AvgIpc) is 2.98.